The summed E-state index contributed by atoms with van der Waals surface area (Å²) in [7, 11) is 3.71. The fraction of sp³-hybridized carbons (Fsp3) is 0.526. The lowest BCUT2D eigenvalue weighted by molar-refractivity contribution is 0.192. The van der Waals surface area contributed by atoms with Gasteiger partial charge in [0.2, 0.25) is 0 Å². The molecule has 160 valence electrons. The Kier molecular flexibility index (Phi) is 9.09. The van der Waals surface area contributed by atoms with Gasteiger partial charge in [0.05, 0.1) is 6.54 Å². The van der Waals surface area contributed by atoms with Crippen LogP contribution in [-0.2, 0) is 20.1 Å². The number of piperidine rings is 1. The summed E-state index contributed by atoms with van der Waals surface area (Å²) < 4.78 is 15.2. The van der Waals surface area contributed by atoms with E-state index in [2.05, 4.69) is 30.7 Å². The second kappa shape index (κ2) is 11.1. The second-order valence-corrected chi connectivity index (χ2v) is 7.51. The van der Waals surface area contributed by atoms with Gasteiger partial charge >= 0.3 is 0 Å². The molecule has 1 fully saturated rings. The lowest BCUT2D eigenvalue weighted by Crippen LogP contribution is -2.50. The van der Waals surface area contributed by atoms with Gasteiger partial charge in [-0.15, -0.1) is 34.2 Å². The zero-order valence-electron chi connectivity index (χ0n) is 17.0. The summed E-state index contributed by atoms with van der Waals surface area (Å²) in [6, 6.07) is 4.87. The van der Waals surface area contributed by atoms with Crippen LogP contribution in [0.3, 0.4) is 0 Å². The minimum Gasteiger partial charge on any atom is -0.352 e. The largest absolute Gasteiger partial charge is 0.352 e. The number of nitrogens with zero attached hydrogens (tertiary/aromatic N) is 5. The van der Waals surface area contributed by atoms with Crippen molar-refractivity contribution in [2.45, 2.75) is 38.9 Å². The van der Waals surface area contributed by atoms with Gasteiger partial charge in [0.15, 0.2) is 11.8 Å². The summed E-state index contributed by atoms with van der Waals surface area (Å²) >= 11 is 6.18. The molecule has 1 aliphatic heterocycles. The third-order valence-electron chi connectivity index (χ3n) is 5.08. The summed E-state index contributed by atoms with van der Waals surface area (Å²) in [6.07, 6.45) is 2.15. The van der Waals surface area contributed by atoms with Gasteiger partial charge in [0, 0.05) is 38.2 Å². The molecule has 7 nitrogen and oxygen atoms in total. The zero-order chi connectivity index (χ0) is 20.1. The second-order valence-electron chi connectivity index (χ2n) is 7.10. The first-order chi connectivity index (χ1) is 13.5. The van der Waals surface area contributed by atoms with Crippen LogP contribution in [-0.4, -0.2) is 51.8 Å². The number of guanidine groups is 1. The molecule has 1 aromatic carbocycles. The van der Waals surface area contributed by atoms with Crippen molar-refractivity contribution in [2.24, 2.45) is 12.0 Å². The summed E-state index contributed by atoms with van der Waals surface area (Å²) in [4.78, 5) is 6.66. The van der Waals surface area contributed by atoms with E-state index in [9.17, 15) is 4.39 Å². The van der Waals surface area contributed by atoms with E-state index in [1.54, 1.807) is 13.1 Å². The maximum atomic E-state index is 13.3. The summed E-state index contributed by atoms with van der Waals surface area (Å²) in [5, 5.41) is 15.5. The first-order valence-electron chi connectivity index (χ1n) is 9.44. The van der Waals surface area contributed by atoms with E-state index in [1.807, 2.05) is 18.5 Å². The van der Waals surface area contributed by atoms with E-state index >= 15 is 0 Å². The van der Waals surface area contributed by atoms with E-state index in [1.165, 1.54) is 12.1 Å². The van der Waals surface area contributed by atoms with Gasteiger partial charge in [-0.05, 0) is 44.0 Å². The molecule has 0 amide bonds. The van der Waals surface area contributed by atoms with Crippen molar-refractivity contribution >= 4 is 41.5 Å². The number of aliphatic imine (C=N–C) groups is 1. The molecule has 29 heavy (non-hydrogen) atoms. The van der Waals surface area contributed by atoms with Gasteiger partial charge in [-0.1, -0.05) is 17.7 Å². The van der Waals surface area contributed by atoms with Crippen LogP contribution in [0.2, 0.25) is 5.02 Å². The number of rotatable bonds is 5. The number of aryl methyl sites for hydroxylation is 1. The highest BCUT2D eigenvalue weighted by Crippen LogP contribution is 2.21. The maximum Gasteiger partial charge on any atom is 0.191 e. The molecule has 1 aliphatic rings. The molecule has 1 aromatic heterocycles. The molecule has 2 aromatic rings. The highest BCUT2D eigenvalue weighted by Gasteiger charge is 2.21. The molecule has 0 aliphatic carbocycles. The molecule has 0 spiro atoms. The van der Waals surface area contributed by atoms with Gasteiger partial charge in [-0.3, -0.25) is 9.89 Å². The Morgan fingerprint density at radius 1 is 1.38 bits per heavy atom. The van der Waals surface area contributed by atoms with Crippen molar-refractivity contribution in [3.05, 3.63) is 46.3 Å². The first-order valence-corrected chi connectivity index (χ1v) is 9.82. The number of nitrogens with one attached hydrogen (secondary N) is 2. The highest BCUT2D eigenvalue weighted by molar-refractivity contribution is 14.0. The van der Waals surface area contributed by atoms with E-state index in [0.29, 0.717) is 18.1 Å². The SMILES string of the molecule is CN=C(NCc1nnc(C)n1C)NC1CCCN(Cc2ccc(F)cc2Cl)C1.I. The number of aromatic nitrogens is 3. The molecule has 1 unspecified atom stereocenters. The number of benzene rings is 1. The minimum atomic E-state index is -0.306. The quantitative estimate of drug-likeness (QED) is 0.350. The highest BCUT2D eigenvalue weighted by atomic mass is 127. The van der Waals surface area contributed by atoms with E-state index in [0.717, 1.165) is 49.1 Å². The topological polar surface area (TPSA) is 70.4 Å². The molecule has 2 heterocycles. The smallest absolute Gasteiger partial charge is 0.191 e. The number of hydrogen-bond donors (Lipinski definition) is 2. The molecule has 0 saturated carbocycles. The average molecular weight is 536 g/mol. The van der Waals surface area contributed by atoms with E-state index < -0.39 is 0 Å². The fourth-order valence-corrected chi connectivity index (χ4v) is 3.59. The third kappa shape index (κ3) is 6.51. The Bertz CT molecular complexity index is 842. The van der Waals surface area contributed by atoms with Crippen LogP contribution in [0.25, 0.3) is 0 Å². The van der Waals surface area contributed by atoms with Crippen molar-refractivity contribution in [2.75, 3.05) is 20.1 Å². The van der Waals surface area contributed by atoms with Crippen molar-refractivity contribution in [3.63, 3.8) is 0 Å². The van der Waals surface area contributed by atoms with Crippen molar-refractivity contribution in [3.8, 4) is 0 Å². The predicted octanol–water partition coefficient (Wildman–Crippen LogP) is 2.86. The Hall–Kier alpha value is -1.46. The van der Waals surface area contributed by atoms with Gasteiger partial charge in [0.25, 0.3) is 0 Å². The van der Waals surface area contributed by atoms with Gasteiger partial charge in [0.1, 0.15) is 11.6 Å². The van der Waals surface area contributed by atoms with E-state index in [4.69, 9.17) is 11.6 Å². The van der Waals surface area contributed by atoms with Crippen LogP contribution in [0, 0.1) is 12.7 Å². The van der Waals surface area contributed by atoms with Crippen LogP contribution in [0.5, 0.6) is 0 Å². The molecule has 10 heteroatoms. The Balaban J connectivity index is 0.00000300. The summed E-state index contributed by atoms with van der Waals surface area (Å²) in [6.45, 7) is 5.06. The Morgan fingerprint density at radius 2 is 2.17 bits per heavy atom. The first kappa shape index (κ1) is 23.8. The number of hydrogen-bond acceptors (Lipinski definition) is 4. The normalized spacial score (nSPS) is 17.7. The molecule has 0 bridgehead atoms. The lowest BCUT2D eigenvalue weighted by Gasteiger charge is -2.34. The monoisotopic (exact) mass is 535 g/mol. The molecule has 1 atom stereocenters. The molecule has 1 saturated heterocycles. The third-order valence-corrected chi connectivity index (χ3v) is 5.43. The van der Waals surface area contributed by atoms with Crippen LogP contribution < -0.4 is 10.6 Å². The van der Waals surface area contributed by atoms with Crippen LogP contribution >= 0.6 is 35.6 Å². The minimum absolute atomic E-state index is 0. The maximum absolute atomic E-state index is 13.3. The van der Waals surface area contributed by atoms with Crippen molar-refractivity contribution < 1.29 is 4.39 Å². The molecule has 0 radical (unpaired) electrons. The lowest BCUT2D eigenvalue weighted by atomic mass is 10.0. The number of halogens is 3. The van der Waals surface area contributed by atoms with Crippen LogP contribution in [0.1, 0.15) is 30.1 Å². The molecular formula is C19H28ClFIN7. The van der Waals surface area contributed by atoms with E-state index in [-0.39, 0.29) is 35.8 Å². The van der Waals surface area contributed by atoms with Crippen molar-refractivity contribution in [1.82, 2.24) is 30.3 Å². The van der Waals surface area contributed by atoms with Crippen LogP contribution in [0.4, 0.5) is 4.39 Å². The van der Waals surface area contributed by atoms with Gasteiger partial charge < -0.3 is 15.2 Å². The van der Waals surface area contributed by atoms with Gasteiger partial charge in [-0.2, -0.15) is 0 Å². The summed E-state index contributed by atoms with van der Waals surface area (Å²) in [5.74, 6) is 2.17. The Labute approximate surface area is 193 Å². The zero-order valence-corrected chi connectivity index (χ0v) is 20.0. The molecular weight excluding hydrogens is 508 g/mol. The molecule has 3 rings (SSSR count). The molecule has 2 N–H and O–H groups in total. The van der Waals surface area contributed by atoms with Crippen molar-refractivity contribution in [1.29, 1.82) is 0 Å². The number of likely N-dealkylation sites (tertiary alicyclic amines) is 1. The van der Waals surface area contributed by atoms with Crippen LogP contribution in [0.15, 0.2) is 23.2 Å². The standard InChI is InChI=1S/C19H27ClFN7.HI/c1-13-25-26-18(27(13)3)10-23-19(22-2)24-16-5-4-8-28(12-16)11-14-6-7-15(21)9-17(14)20;/h6-7,9,16H,4-5,8,10-12H2,1-3H3,(H2,22,23,24);1H. The average Bonchev–Trinajstić information content (AvgIpc) is 3.00. The predicted molar refractivity (Wildman–Crippen MR) is 124 cm³/mol. The Morgan fingerprint density at radius 3 is 2.83 bits per heavy atom. The van der Waals surface area contributed by atoms with Gasteiger partial charge in [-0.25, -0.2) is 4.39 Å². The summed E-state index contributed by atoms with van der Waals surface area (Å²) in [5.41, 5.74) is 0.948. The fourth-order valence-electron chi connectivity index (χ4n) is 3.36.